The summed E-state index contributed by atoms with van der Waals surface area (Å²) in [6, 6.07) is 22.8. The summed E-state index contributed by atoms with van der Waals surface area (Å²) in [6.45, 7) is 2.13. The Hall–Kier alpha value is -3.25. The zero-order chi connectivity index (χ0) is 22.6. The highest BCUT2D eigenvalue weighted by Gasteiger charge is 2.32. The first kappa shape index (κ1) is 21.6. The highest BCUT2D eigenvalue weighted by molar-refractivity contribution is 7.98. The molecule has 1 N–H and O–H groups in total. The molecule has 2 heterocycles. The molecule has 1 unspecified atom stereocenters. The lowest BCUT2D eigenvalue weighted by atomic mass is 10.0. The number of benzene rings is 3. The number of hydrogen-bond acceptors (Lipinski definition) is 4. The number of fused-ring (bicyclic) bond motifs is 2. The van der Waals surface area contributed by atoms with Crippen LogP contribution >= 0.6 is 11.8 Å². The van der Waals surface area contributed by atoms with E-state index in [2.05, 4.69) is 68.5 Å². The van der Waals surface area contributed by atoms with E-state index in [0.29, 0.717) is 6.54 Å². The number of aromatic amines is 1. The molecule has 0 saturated heterocycles. The van der Waals surface area contributed by atoms with Gasteiger partial charge in [0.2, 0.25) is 0 Å². The number of H-pyrrole nitrogens is 1. The monoisotopic (exact) mass is 456 g/mol. The molecule has 1 amide bonds. The summed E-state index contributed by atoms with van der Waals surface area (Å²) in [5.74, 6) is 1.12. The van der Waals surface area contributed by atoms with Crippen molar-refractivity contribution in [2.24, 2.45) is 0 Å². The van der Waals surface area contributed by atoms with Gasteiger partial charge in [-0.25, -0.2) is 4.98 Å². The molecule has 1 aliphatic heterocycles. The van der Waals surface area contributed by atoms with Gasteiger partial charge in [-0.3, -0.25) is 4.79 Å². The van der Waals surface area contributed by atoms with E-state index in [1.54, 1.807) is 6.33 Å². The van der Waals surface area contributed by atoms with Crippen molar-refractivity contribution < 1.29 is 4.79 Å². The van der Waals surface area contributed by atoms with Crippen LogP contribution in [0.25, 0.3) is 10.8 Å². The van der Waals surface area contributed by atoms with Gasteiger partial charge >= 0.3 is 0 Å². The molecular formula is C27H28N4OS. The number of anilines is 1. The van der Waals surface area contributed by atoms with Gasteiger partial charge in [-0.1, -0.05) is 54.6 Å². The number of imidazole rings is 1. The fourth-order valence-electron chi connectivity index (χ4n) is 4.75. The standard InChI is InChI=1S/C27H28N4OS/c1-33-14-13-23-18-30(17-22-15-28-19-29-22)26-12-5-3-8-21(26)16-31(23)27(32)25-11-6-9-20-7-2-4-10-24(20)25/h2-12,15,19,23H,13-14,16-18H2,1H3,(H,28,29). The lowest BCUT2D eigenvalue weighted by Gasteiger charge is -2.33. The topological polar surface area (TPSA) is 52.2 Å². The average molecular weight is 457 g/mol. The fourth-order valence-corrected chi connectivity index (χ4v) is 5.26. The average Bonchev–Trinajstić information content (AvgIpc) is 3.31. The van der Waals surface area contributed by atoms with Crippen molar-refractivity contribution in [1.82, 2.24) is 14.9 Å². The van der Waals surface area contributed by atoms with E-state index in [1.807, 2.05) is 42.2 Å². The van der Waals surface area contributed by atoms with E-state index in [1.165, 1.54) is 11.3 Å². The first-order chi connectivity index (χ1) is 16.2. The number of hydrogen-bond donors (Lipinski definition) is 1. The maximum absolute atomic E-state index is 14.1. The van der Waals surface area contributed by atoms with Crippen molar-refractivity contribution in [2.75, 3.05) is 23.5 Å². The van der Waals surface area contributed by atoms with E-state index in [9.17, 15) is 4.79 Å². The fraction of sp³-hybridized carbons (Fsp3) is 0.259. The number of para-hydroxylation sites is 1. The number of carbonyl (C=O) groups is 1. The predicted octanol–water partition coefficient (Wildman–Crippen LogP) is 5.35. The third-order valence-corrected chi connectivity index (χ3v) is 7.04. The second-order valence-electron chi connectivity index (χ2n) is 8.48. The molecule has 0 aliphatic carbocycles. The van der Waals surface area contributed by atoms with E-state index < -0.39 is 0 Å². The van der Waals surface area contributed by atoms with Crippen LogP contribution in [0.1, 0.15) is 28.0 Å². The van der Waals surface area contributed by atoms with E-state index in [4.69, 9.17) is 0 Å². The zero-order valence-corrected chi connectivity index (χ0v) is 19.6. The number of nitrogens with one attached hydrogen (secondary N) is 1. The Morgan fingerprint density at radius 3 is 2.76 bits per heavy atom. The quantitative estimate of drug-likeness (QED) is 0.425. The minimum atomic E-state index is 0.107. The first-order valence-corrected chi connectivity index (χ1v) is 12.7. The van der Waals surface area contributed by atoms with Gasteiger partial charge in [-0.05, 0) is 46.9 Å². The molecule has 6 heteroatoms. The van der Waals surface area contributed by atoms with E-state index in [-0.39, 0.29) is 11.9 Å². The highest BCUT2D eigenvalue weighted by atomic mass is 32.2. The van der Waals surface area contributed by atoms with Crippen LogP contribution in [0.4, 0.5) is 5.69 Å². The maximum Gasteiger partial charge on any atom is 0.255 e. The number of rotatable bonds is 6. The van der Waals surface area contributed by atoms with Crippen molar-refractivity contribution in [3.8, 4) is 0 Å². The number of nitrogens with zero attached hydrogens (tertiary/aromatic N) is 3. The molecule has 0 saturated carbocycles. The van der Waals surface area contributed by atoms with Crippen molar-refractivity contribution >= 4 is 34.1 Å². The SMILES string of the molecule is CSCCC1CN(Cc2cnc[nH]2)c2ccccc2CN1C(=O)c1cccc2ccccc12. The lowest BCUT2D eigenvalue weighted by molar-refractivity contribution is 0.0670. The Labute approximate surface area is 198 Å². The van der Waals surface area contributed by atoms with Crippen molar-refractivity contribution in [3.63, 3.8) is 0 Å². The van der Waals surface area contributed by atoms with Gasteiger partial charge in [0.25, 0.3) is 5.91 Å². The van der Waals surface area contributed by atoms with Crippen molar-refractivity contribution in [1.29, 1.82) is 0 Å². The van der Waals surface area contributed by atoms with Crippen LogP contribution in [-0.4, -0.2) is 45.4 Å². The third-order valence-electron chi connectivity index (χ3n) is 6.40. The van der Waals surface area contributed by atoms with Crippen LogP contribution in [0.2, 0.25) is 0 Å². The molecule has 1 aliphatic rings. The normalized spacial score (nSPS) is 16.0. The highest BCUT2D eigenvalue weighted by Crippen LogP contribution is 2.31. The molecule has 1 aromatic heterocycles. The summed E-state index contributed by atoms with van der Waals surface area (Å²) in [5, 5.41) is 2.11. The molecule has 0 bridgehead atoms. The van der Waals surface area contributed by atoms with Crippen molar-refractivity contribution in [3.05, 3.63) is 96.1 Å². The van der Waals surface area contributed by atoms with Crippen LogP contribution in [-0.2, 0) is 13.1 Å². The second kappa shape index (κ2) is 9.71. The molecule has 168 valence electrons. The lowest BCUT2D eigenvalue weighted by Crippen LogP contribution is -2.45. The molecule has 0 spiro atoms. The summed E-state index contributed by atoms with van der Waals surface area (Å²) in [7, 11) is 0. The molecule has 3 aromatic carbocycles. The van der Waals surface area contributed by atoms with Gasteiger partial charge in [0.1, 0.15) is 0 Å². The Morgan fingerprint density at radius 1 is 1.09 bits per heavy atom. The van der Waals surface area contributed by atoms with Gasteiger partial charge in [0.15, 0.2) is 0 Å². The van der Waals surface area contributed by atoms with E-state index in [0.717, 1.165) is 47.3 Å². The number of carbonyl (C=O) groups excluding carboxylic acids is 1. The number of amides is 1. The third kappa shape index (κ3) is 4.48. The van der Waals surface area contributed by atoms with Crippen LogP contribution in [0.15, 0.2) is 79.3 Å². The maximum atomic E-state index is 14.1. The van der Waals surface area contributed by atoms with Crippen LogP contribution in [0.5, 0.6) is 0 Å². The summed E-state index contributed by atoms with van der Waals surface area (Å²) in [4.78, 5) is 26.0. The second-order valence-corrected chi connectivity index (χ2v) is 9.47. The molecule has 5 rings (SSSR count). The minimum Gasteiger partial charge on any atom is -0.363 e. The summed E-state index contributed by atoms with van der Waals surface area (Å²) >= 11 is 1.83. The Kier molecular flexibility index (Phi) is 6.35. The van der Waals surface area contributed by atoms with Gasteiger partial charge in [0, 0.05) is 30.5 Å². The molecule has 4 aromatic rings. The number of thioether (sulfide) groups is 1. The summed E-state index contributed by atoms with van der Waals surface area (Å²) in [5.41, 5.74) is 4.22. The molecular weight excluding hydrogens is 428 g/mol. The van der Waals surface area contributed by atoms with Crippen LogP contribution < -0.4 is 4.90 Å². The Morgan fingerprint density at radius 2 is 1.91 bits per heavy atom. The van der Waals surface area contributed by atoms with Gasteiger partial charge in [-0.15, -0.1) is 0 Å². The molecule has 5 nitrogen and oxygen atoms in total. The van der Waals surface area contributed by atoms with E-state index >= 15 is 0 Å². The Balaban J connectivity index is 1.55. The molecule has 0 radical (unpaired) electrons. The smallest absolute Gasteiger partial charge is 0.255 e. The van der Waals surface area contributed by atoms with Gasteiger partial charge in [-0.2, -0.15) is 11.8 Å². The minimum absolute atomic E-state index is 0.107. The van der Waals surface area contributed by atoms with Gasteiger partial charge < -0.3 is 14.8 Å². The van der Waals surface area contributed by atoms with Gasteiger partial charge in [0.05, 0.1) is 24.6 Å². The summed E-state index contributed by atoms with van der Waals surface area (Å²) in [6.07, 6.45) is 6.68. The number of aromatic nitrogens is 2. The summed E-state index contributed by atoms with van der Waals surface area (Å²) < 4.78 is 0. The first-order valence-electron chi connectivity index (χ1n) is 11.3. The molecule has 33 heavy (non-hydrogen) atoms. The largest absolute Gasteiger partial charge is 0.363 e. The molecule has 0 fully saturated rings. The van der Waals surface area contributed by atoms with Crippen LogP contribution in [0.3, 0.4) is 0 Å². The molecule has 1 atom stereocenters. The predicted molar refractivity (Wildman–Crippen MR) is 137 cm³/mol. The Bertz CT molecular complexity index is 1230. The zero-order valence-electron chi connectivity index (χ0n) is 18.8. The van der Waals surface area contributed by atoms with Crippen LogP contribution in [0, 0.1) is 0 Å². The van der Waals surface area contributed by atoms with Crippen molar-refractivity contribution in [2.45, 2.75) is 25.6 Å².